The van der Waals surface area contributed by atoms with Crippen molar-refractivity contribution in [2.75, 3.05) is 0 Å². The summed E-state index contributed by atoms with van der Waals surface area (Å²) < 4.78 is 1.16. The van der Waals surface area contributed by atoms with Gasteiger partial charge in [-0.15, -0.1) is 0 Å². The Morgan fingerprint density at radius 2 is 1.21 bits per heavy atom. The fraction of sp³-hybridized carbons (Fsp3) is 0.111. The summed E-state index contributed by atoms with van der Waals surface area (Å²) in [7, 11) is 0. The molecule has 0 saturated heterocycles. The van der Waals surface area contributed by atoms with Crippen molar-refractivity contribution in [1.82, 2.24) is 0 Å². The number of halogens is 1. The van der Waals surface area contributed by atoms with Gasteiger partial charge in [0.15, 0.2) is 0 Å². The van der Waals surface area contributed by atoms with Gasteiger partial charge < -0.3 is 0 Å². The van der Waals surface area contributed by atoms with Gasteiger partial charge in [0, 0.05) is 4.47 Å². The van der Waals surface area contributed by atoms with Crippen LogP contribution in [0.2, 0.25) is 0 Å². The predicted molar refractivity (Wildman–Crippen MR) is 120 cm³/mol. The lowest BCUT2D eigenvalue weighted by Crippen LogP contribution is -1.98. The maximum absolute atomic E-state index is 3.67. The maximum atomic E-state index is 3.67. The van der Waals surface area contributed by atoms with Crippen molar-refractivity contribution in [3.8, 4) is 22.3 Å². The lowest BCUT2D eigenvalue weighted by Gasteiger charge is -2.19. The number of benzene rings is 4. The summed E-state index contributed by atoms with van der Waals surface area (Å²) in [5.41, 5.74) is 9.87. The van der Waals surface area contributed by atoms with Gasteiger partial charge in [-0.25, -0.2) is 0 Å². The van der Waals surface area contributed by atoms with Crippen molar-refractivity contribution in [1.29, 1.82) is 0 Å². The lowest BCUT2D eigenvalue weighted by molar-refractivity contribution is 1.00. The van der Waals surface area contributed by atoms with E-state index in [-0.39, 0.29) is 0 Å². The molecular formula is C27H19Br. The Labute approximate surface area is 174 Å². The summed E-state index contributed by atoms with van der Waals surface area (Å²) >= 11 is 3.67. The Morgan fingerprint density at radius 3 is 2.07 bits per heavy atom. The molecule has 1 saturated carbocycles. The molecule has 0 radical (unpaired) electrons. The number of hydrogen-bond donors (Lipinski definition) is 0. The Kier molecular flexibility index (Phi) is 3.61. The first-order valence-corrected chi connectivity index (χ1v) is 10.6. The van der Waals surface area contributed by atoms with Crippen LogP contribution < -0.4 is 0 Å². The molecule has 4 aromatic carbocycles. The monoisotopic (exact) mass is 422 g/mol. The van der Waals surface area contributed by atoms with Crippen molar-refractivity contribution < 1.29 is 0 Å². The topological polar surface area (TPSA) is 0 Å². The van der Waals surface area contributed by atoms with E-state index in [0.29, 0.717) is 17.8 Å². The molecular weight excluding hydrogens is 404 g/mol. The summed E-state index contributed by atoms with van der Waals surface area (Å²) in [6, 6.07) is 35.6. The average molecular weight is 423 g/mol. The van der Waals surface area contributed by atoms with Crippen molar-refractivity contribution in [3.05, 3.63) is 118 Å². The molecule has 0 aliphatic heterocycles. The second-order valence-electron chi connectivity index (χ2n) is 7.89. The van der Waals surface area contributed by atoms with E-state index in [4.69, 9.17) is 0 Å². The highest BCUT2D eigenvalue weighted by molar-refractivity contribution is 9.10. The van der Waals surface area contributed by atoms with E-state index in [1.165, 1.54) is 38.9 Å². The molecule has 4 aromatic rings. The Balaban J connectivity index is 1.48. The highest BCUT2D eigenvalue weighted by Crippen LogP contribution is 2.71. The third kappa shape index (κ3) is 2.43. The van der Waals surface area contributed by atoms with E-state index in [1.807, 2.05) is 0 Å². The second-order valence-corrected chi connectivity index (χ2v) is 8.80. The van der Waals surface area contributed by atoms with E-state index in [1.54, 1.807) is 0 Å². The van der Waals surface area contributed by atoms with Crippen LogP contribution in [0, 0.1) is 0 Å². The van der Waals surface area contributed by atoms with Crippen LogP contribution in [0.3, 0.4) is 0 Å². The normalized spacial score (nSPS) is 21.4. The van der Waals surface area contributed by atoms with Gasteiger partial charge in [-0.1, -0.05) is 101 Å². The van der Waals surface area contributed by atoms with Crippen LogP contribution in [0.5, 0.6) is 0 Å². The van der Waals surface area contributed by atoms with E-state index >= 15 is 0 Å². The fourth-order valence-electron chi connectivity index (χ4n) is 5.14. The molecule has 2 aliphatic carbocycles. The molecule has 2 unspecified atom stereocenters. The maximum Gasteiger partial charge on any atom is 0.0181 e. The van der Waals surface area contributed by atoms with Gasteiger partial charge in [-0.2, -0.15) is 0 Å². The summed E-state index contributed by atoms with van der Waals surface area (Å²) in [6.07, 6.45) is 0. The summed E-state index contributed by atoms with van der Waals surface area (Å²) in [5.74, 6) is 1.74. The molecule has 0 N–H and O–H groups in total. The molecule has 0 nitrogen and oxygen atoms in total. The van der Waals surface area contributed by atoms with Crippen molar-refractivity contribution >= 4 is 15.9 Å². The standard InChI is InChI=1S/C27H19Br/c28-20-13-14-23-24(16-20)21-11-4-5-12-22(21)26-25(27(23)26)19-10-6-9-18(15-19)17-7-2-1-3-8-17/h1-16,25-27H/t25?,26-,27?/m1/s1. The summed E-state index contributed by atoms with van der Waals surface area (Å²) in [5, 5.41) is 0. The quantitative estimate of drug-likeness (QED) is 0.309. The third-order valence-corrected chi connectivity index (χ3v) is 6.88. The smallest absolute Gasteiger partial charge is 0.0181 e. The average Bonchev–Trinajstić information content (AvgIpc) is 3.51. The zero-order chi connectivity index (χ0) is 18.7. The van der Waals surface area contributed by atoms with Crippen LogP contribution in [0.15, 0.2) is 102 Å². The van der Waals surface area contributed by atoms with Crippen molar-refractivity contribution in [3.63, 3.8) is 0 Å². The molecule has 0 heterocycles. The van der Waals surface area contributed by atoms with Crippen LogP contribution in [0.25, 0.3) is 22.3 Å². The Morgan fingerprint density at radius 1 is 0.500 bits per heavy atom. The molecule has 1 heteroatoms. The van der Waals surface area contributed by atoms with E-state index in [9.17, 15) is 0 Å². The second kappa shape index (κ2) is 6.18. The molecule has 6 rings (SSSR count). The number of hydrogen-bond acceptors (Lipinski definition) is 0. The van der Waals surface area contributed by atoms with Crippen LogP contribution in [-0.2, 0) is 0 Å². The van der Waals surface area contributed by atoms with Gasteiger partial charge in [0.1, 0.15) is 0 Å². The first-order chi connectivity index (χ1) is 13.8. The minimum atomic E-state index is 0.562. The van der Waals surface area contributed by atoms with Gasteiger partial charge in [0.05, 0.1) is 0 Å². The minimum Gasteiger partial charge on any atom is -0.0622 e. The molecule has 0 bridgehead atoms. The van der Waals surface area contributed by atoms with Crippen LogP contribution in [0.1, 0.15) is 34.4 Å². The SMILES string of the molecule is Brc1ccc2c(c1)-c1ccccc1[C@@H]1C(c3cccc(-c4ccccc4)c3)C21. The molecule has 28 heavy (non-hydrogen) atoms. The van der Waals surface area contributed by atoms with Crippen molar-refractivity contribution in [2.45, 2.75) is 17.8 Å². The molecule has 3 atom stereocenters. The molecule has 0 amide bonds. The fourth-order valence-corrected chi connectivity index (χ4v) is 5.50. The Bertz CT molecular complexity index is 1190. The Hall–Kier alpha value is -2.64. The van der Waals surface area contributed by atoms with Crippen LogP contribution in [0.4, 0.5) is 0 Å². The number of fused-ring (bicyclic) bond motifs is 6. The first kappa shape index (κ1) is 16.3. The summed E-state index contributed by atoms with van der Waals surface area (Å²) in [4.78, 5) is 0. The largest absolute Gasteiger partial charge is 0.0622 e. The molecule has 0 aromatic heterocycles. The van der Waals surface area contributed by atoms with Gasteiger partial charge in [-0.3, -0.25) is 0 Å². The molecule has 2 aliphatic rings. The molecule has 134 valence electrons. The van der Waals surface area contributed by atoms with E-state index < -0.39 is 0 Å². The van der Waals surface area contributed by atoms with E-state index in [2.05, 4.69) is 113 Å². The van der Waals surface area contributed by atoms with Gasteiger partial charge in [0.2, 0.25) is 0 Å². The first-order valence-electron chi connectivity index (χ1n) is 9.85. The van der Waals surface area contributed by atoms with Crippen LogP contribution >= 0.6 is 15.9 Å². The summed E-state index contributed by atoms with van der Waals surface area (Å²) in [6.45, 7) is 0. The lowest BCUT2D eigenvalue weighted by atomic mass is 9.86. The third-order valence-electron chi connectivity index (χ3n) is 6.38. The zero-order valence-corrected chi connectivity index (χ0v) is 16.9. The van der Waals surface area contributed by atoms with Crippen molar-refractivity contribution in [2.24, 2.45) is 0 Å². The highest BCUT2D eigenvalue weighted by atomic mass is 79.9. The molecule has 0 spiro atoms. The van der Waals surface area contributed by atoms with Gasteiger partial charge in [0.25, 0.3) is 0 Å². The zero-order valence-electron chi connectivity index (χ0n) is 15.3. The van der Waals surface area contributed by atoms with E-state index in [0.717, 1.165) is 4.47 Å². The minimum absolute atomic E-state index is 0.562. The highest BCUT2D eigenvalue weighted by Gasteiger charge is 2.56. The molecule has 1 fully saturated rings. The van der Waals surface area contributed by atoms with Crippen LogP contribution in [-0.4, -0.2) is 0 Å². The van der Waals surface area contributed by atoms with Gasteiger partial charge in [-0.05, 0) is 68.8 Å². The van der Waals surface area contributed by atoms with Gasteiger partial charge >= 0.3 is 0 Å². The predicted octanol–water partition coefficient (Wildman–Crippen LogP) is 7.76. The number of rotatable bonds is 2.